The van der Waals surface area contributed by atoms with E-state index in [1.807, 2.05) is 20.8 Å². The van der Waals surface area contributed by atoms with Crippen LogP contribution < -0.4 is 0 Å². The van der Waals surface area contributed by atoms with Gasteiger partial charge in [0.1, 0.15) is 5.82 Å². The minimum atomic E-state index is -1.02. The standard InChI is InChI=1S/C9H12N2O2.Li.H/c1-9(2,3)8-10-5-4-6(11-8)7(12)13;;/h4-5H,1-3H3,(H,12,13);;. The molecule has 0 unspecified atom stereocenters. The van der Waals surface area contributed by atoms with Gasteiger partial charge in [-0.1, -0.05) is 20.8 Å². The third-order valence-corrected chi connectivity index (χ3v) is 1.55. The molecule has 1 heterocycles. The Kier molecular flexibility index (Phi) is 4.30. The van der Waals surface area contributed by atoms with Crippen LogP contribution in [0.3, 0.4) is 0 Å². The summed E-state index contributed by atoms with van der Waals surface area (Å²) in [6.45, 7) is 5.82. The zero-order chi connectivity index (χ0) is 10.1. The van der Waals surface area contributed by atoms with Gasteiger partial charge < -0.3 is 5.11 Å². The van der Waals surface area contributed by atoms with Gasteiger partial charge in [0.05, 0.1) is 0 Å². The molecule has 0 saturated carbocycles. The summed E-state index contributed by atoms with van der Waals surface area (Å²) in [5.74, 6) is -0.472. The number of aromatic nitrogens is 2. The third-order valence-electron chi connectivity index (χ3n) is 1.55. The van der Waals surface area contributed by atoms with Gasteiger partial charge in [-0.2, -0.15) is 0 Å². The Labute approximate surface area is 94.9 Å². The number of rotatable bonds is 1. The Morgan fingerprint density at radius 2 is 2.00 bits per heavy atom. The van der Waals surface area contributed by atoms with E-state index in [0.29, 0.717) is 5.82 Å². The molecule has 1 aromatic heterocycles. The Balaban J connectivity index is 0.00000169. The summed E-state index contributed by atoms with van der Waals surface area (Å²) < 4.78 is 0. The van der Waals surface area contributed by atoms with Crippen LogP contribution in [0.1, 0.15) is 37.1 Å². The van der Waals surface area contributed by atoms with Crippen molar-refractivity contribution in [3.05, 3.63) is 23.8 Å². The van der Waals surface area contributed by atoms with Crippen LogP contribution in [0.15, 0.2) is 12.3 Å². The zero-order valence-corrected chi connectivity index (χ0v) is 7.90. The number of hydrogen-bond acceptors (Lipinski definition) is 3. The molecule has 4 nitrogen and oxygen atoms in total. The number of carboxylic acid groups (broad SMARTS) is 1. The first-order valence-electron chi connectivity index (χ1n) is 3.98. The summed E-state index contributed by atoms with van der Waals surface area (Å²) in [6.07, 6.45) is 1.47. The molecule has 0 fully saturated rings. The molecular weight excluding hydrogens is 175 g/mol. The summed E-state index contributed by atoms with van der Waals surface area (Å²) in [7, 11) is 0. The molecule has 1 rings (SSSR count). The molecule has 0 amide bonds. The van der Waals surface area contributed by atoms with E-state index in [2.05, 4.69) is 9.97 Å². The van der Waals surface area contributed by atoms with Crippen molar-refractivity contribution in [1.29, 1.82) is 0 Å². The van der Waals surface area contributed by atoms with Gasteiger partial charge in [-0.25, -0.2) is 14.8 Å². The summed E-state index contributed by atoms with van der Waals surface area (Å²) in [5, 5.41) is 8.68. The normalized spacial score (nSPS) is 10.5. The van der Waals surface area contributed by atoms with Gasteiger partial charge in [-0.15, -0.1) is 0 Å². The van der Waals surface area contributed by atoms with Crippen molar-refractivity contribution in [2.75, 3.05) is 0 Å². The minimum absolute atomic E-state index is 0. The molecule has 1 aromatic rings. The summed E-state index contributed by atoms with van der Waals surface area (Å²) in [5.41, 5.74) is -0.175. The van der Waals surface area contributed by atoms with Crippen LogP contribution in [0, 0.1) is 0 Å². The van der Waals surface area contributed by atoms with Crippen molar-refractivity contribution in [3.63, 3.8) is 0 Å². The van der Waals surface area contributed by atoms with Gasteiger partial charge in [-0.05, 0) is 6.07 Å². The van der Waals surface area contributed by atoms with Crippen molar-refractivity contribution in [1.82, 2.24) is 9.97 Å². The predicted molar refractivity (Wildman–Crippen MR) is 54.8 cm³/mol. The molecular formula is C9H13LiN2O2. The number of carboxylic acids is 1. The summed E-state index contributed by atoms with van der Waals surface area (Å²) in [6, 6.07) is 1.39. The van der Waals surface area contributed by atoms with Crippen molar-refractivity contribution < 1.29 is 9.90 Å². The van der Waals surface area contributed by atoms with Crippen molar-refractivity contribution in [2.24, 2.45) is 0 Å². The van der Waals surface area contributed by atoms with Gasteiger partial charge in [0.25, 0.3) is 0 Å². The summed E-state index contributed by atoms with van der Waals surface area (Å²) in [4.78, 5) is 18.5. The van der Waals surface area contributed by atoms with Crippen LogP contribution in [-0.4, -0.2) is 39.9 Å². The molecule has 0 atom stereocenters. The Morgan fingerprint density at radius 3 is 2.43 bits per heavy atom. The summed E-state index contributed by atoms with van der Waals surface area (Å²) >= 11 is 0. The number of hydrogen-bond donors (Lipinski definition) is 1. The third kappa shape index (κ3) is 3.13. The van der Waals surface area contributed by atoms with Crippen LogP contribution in [-0.2, 0) is 5.41 Å². The van der Waals surface area contributed by atoms with E-state index in [1.54, 1.807) is 0 Å². The van der Waals surface area contributed by atoms with E-state index in [9.17, 15) is 4.79 Å². The van der Waals surface area contributed by atoms with E-state index < -0.39 is 5.97 Å². The number of aromatic carboxylic acids is 1. The quantitative estimate of drug-likeness (QED) is 0.663. The van der Waals surface area contributed by atoms with Gasteiger partial charge in [0.15, 0.2) is 5.69 Å². The number of nitrogens with zero attached hydrogens (tertiary/aromatic N) is 2. The maximum atomic E-state index is 10.6. The molecule has 14 heavy (non-hydrogen) atoms. The Morgan fingerprint density at radius 1 is 1.43 bits per heavy atom. The average molecular weight is 188 g/mol. The Hall–Kier alpha value is -0.853. The van der Waals surface area contributed by atoms with Gasteiger partial charge in [0, 0.05) is 11.6 Å². The Bertz CT molecular complexity index is 334. The molecule has 0 radical (unpaired) electrons. The van der Waals surface area contributed by atoms with E-state index in [4.69, 9.17) is 5.11 Å². The van der Waals surface area contributed by atoms with E-state index in [-0.39, 0.29) is 30.0 Å². The first kappa shape index (κ1) is 13.1. The molecule has 0 spiro atoms. The maximum absolute atomic E-state index is 10.6. The van der Waals surface area contributed by atoms with Crippen LogP contribution >= 0.6 is 0 Å². The second-order valence-electron chi connectivity index (χ2n) is 3.82. The van der Waals surface area contributed by atoms with Gasteiger partial charge in [0.2, 0.25) is 0 Å². The fraction of sp³-hybridized carbons (Fsp3) is 0.444. The molecule has 0 aromatic carbocycles. The van der Waals surface area contributed by atoms with Crippen molar-refractivity contribution in [2.45, 2.75) is 26.2 Å². The second kappa shape index (κ2) is 4.58. The van der Waals surface area contributed by atoms with Crippen LogP contribution in [0.2, 0.25) is 0 Å². The number of carbonyl (C=O) groups is 1. The van der Waals surface area contributed by atoms with Crippen molar-refractivity contribution >= 4 is 24.8 Å². The zero-order valence-electron chi connectivity index (χ0n) is 7.90. The molecule has 0 aliphatic heterocycles. The van der Waals surface area contributed by atoms with E-state index in [0.717, 1.165) is 0 Å². The first-order chi connectivity index (χ1) is 5.91. The van der Waals surface area contributed by atoms with Crippen LogP contribution in [0.4, 0.5) is 0 Å². The topological polar surface area (TPSA) is 63.1 Å². The predicted octanol–water partition coefficient (Wildman–Crippen LogP) is 0.824. The average Bonchev–Trinajstić information content (AvgIpc) is 2.03. The molecule has 0 aliphatic rings. The SMILES string of the molecule is CC(C)(C)c1nccc(C(=O)O)n1.[LiH]. The van der Waals surface area contributed by atoms with E-state index in [1.165, 1.54) is 12.3 Å². The fourth-order valence-electron chi connectivity index (χ4n) is 0.839. The monoisotopic (exact) mass is 188 g/mol. The van der Waals surface area contributed by atoms with Crippen LogP contribution in [0.5, 0.6) is 0 Å². The molecule has 1 N–H and O–H groups in total. The van der Waals surface area contributed by atoms with Gasteiger partial charge >= 0.3 is 24.8 Å². The van der Waals surface area contributed by atoms with Crippen molar-refractivity contribution in [3.8, 4) is 0 Å². The molecule has 72 valence electrons. The van der Waals surface area contributed by atoms with Crippen LogP contribution in [0.25, 0.3) is 0 Å². The molecule has 0 aliphatic carbocycles. The fourth-order valence-corrected chi connectivity index (χ4v) is 0.839. The molecule has 5 heteroatoms. The van der Waals surface area contributed by atoms with E-state index >= 15 is 0 Å². The second-order valence-corrected chi connectivity index (χ2v) is 3.82. The molecule has 0 bridgehead atoms. The van der Waals surface area contributed by atoms with Gasteiger partial charge in [-0.3, -0.25) is 0 Å². The first-order valence-corrected chi connectivity index (χ1v) is 3.98. The molecule has 0 saturated heterocycles.